The molecule has 2 aromatic carbocycles. The van der Waals surface area contributed by atoms with Crippen molar-refractivity contribution >= 4 is 70.1 Å². The number of aliphatic imine (C=N–C) groups is 2. The van der Waals surface area contributed by atoms with E-state index >= 15 is 0 Å². The maximum Gasteiger partial charge on any atom is 0.243 e. The number of benzene rings is 2. The van der Waals surface area contributed by atoms with Gasteiger partial charge in [0.05, 0.1) is 17.7 Å². The number of para-hydroxylation sites is 1. The van der Waals surface area contributed by atoms with Crippen LogP contribution in [-0.2, 0) is 51.2 Å². The molecule has 7 atom stereocenters. The highest BCUT2D eigenvalue weighted by atomic mass is 16.2. The molecule has 3 aromatic rings. The normalized spacial score (nSPS) is 20.9. The van der Waals surface area contributed by atoms with Gasteiger partial charge in [-0.1, -0.05) is 43.0 Å². The van der Waals surface area contributed by atoms with Crippen LogP contribution in [0.3, 0.4) is 0 Å². The van der Waals surface area contributed by atoms with Crippen molar-refractivity contribution in [2.75, 3.05) is 26.2 Å². The van der Waals surface area contributed by atoms with Gasteiger partial charge in [-0.2, -0.15) is 5.26 Å². The summed E-state index contributed by atoms with van der Waals surface area (Å²) in [5.41, 5.74) is 36.3. The predicted octanol–water partition coefficient (Wildman–Crippen LogP) is -3.14. The van der Waals surface area contributed by atoms with Gasteiger partial charge in [-0.15, -0.1) is 0 Å². The highest BCUT2D eigenvalue weighted by Crippen LogP contribution is 2.20. The molecule has 0 saturated carbocycles. The first-order valence-electron chi connectivity index (χ1n) is 24.9. The van der Waals surface area contributed by atoms with E-state index in [4.69, 9.17) is 34.4 Å². The van der Waals surface area contributed by atoms with Gasteiger partial charge in [0.1, 0.15) is 36.3 Å². The molecule has 0 radical (unpaired) electrons. The Morgan fingerprint density at radius 1 is 0.750 bits per heavy atom. The first-order chi connectivity index (χ1) is 36.3. The average Bonchev–Trinajstić information content (AvgIpc) is 3.78. The van der Waals surface area contributed by atoms with Gasteiger partial charge in [-0.3, -0.25) is 48.3 Å². The summed E-state index contributed by atoms with van der Waals surface area (Å²) in [4.78, 5) is 123. The van der Waals surface area contributed by atoms with Crippen molar-refractivity contribution in [1.29, 1.82) is 5.26 Å². The van der Waals surface area contributed by atoms with Gasteiger partial charge in [0.2, 0.25) is 47.3 Å². The first-order valence-corrected chi connectivity index (χ1v) is 24.9. The number of rotatable bonds is 18. The van der Waals surface area contributed by atoms with Crippen LogP contribution in [0.1, 0.15) is 81.4 Å². The van der Waals surface area contributed by atoms with Crippen molar-refractivity contribution in [2.45, 2.75) is 120 Å². The number of nitriles is 1. The van der Waals surface area contributed by atoms with Crippen molar-refractivity contribution in [3.8, 4) is 6.07 Å². The summed E-state index contributed by atoms with van der Waals surface area (Å²) in [6, 6.07) is 6.68. The minimum atomic E-state index is -1.52. The Morgan fingerprint density at radius 2 is 1.33 bits per heavy atom. The molecule has 4 rings (SSSR count). The fraction of sp³-hybridized carbons (Fsp3) is 0.460. The van der Waals surface area contributed by atoms with E-state index in [1.54, 1.807) is 24.4 Å². The molecule has 21 N–H and O–H groups in total. The Morgan fingerprint density at radius 3 is 1.97 bits per heavy atom. The summed E-state index contributed by atoms with van der Waals surface area (Å²) in [6.45, 7) is 5.16. The van der Waals surface area contributed by atoms with E-state index in [1.165, 1.54) is 13.0 Å². The maximum absolute atomic E-state index is 14.7. The molecule has 0 spiro atoms. The van der Waals surface area contributed by atoms with Gasteiger partial charge >= 0.3 is 0 Å². The quantitative estimate of drug-likeness (QED) is 0.0340. The fourth-order valence-corrected chi connectivity index (χ4v) is 8.34. The van der Waals surface area contributed by atoms with E-state index in [9.17, 15) is 43.6 Å². The first kappa shape index (κ1) is 59.8. The second-order valence-corrected chi connectivity index (χ2v) is 18.2. The van der Waals surface area contributed by atoms with Crippen LogP contribution in [-0.4, -0.2) is 133 Å². The molecule has 1 fully saturated rings. The number of nitrogens with two attached hydrogens (primary N) is 6. The van der Waals surface area contributed by atoms with E-state index in [0.29, 0.717) is 11.1 Å². The van der Waals surface area contributed by atoms with Gasteiger partial charge < -0.3 is 81.9 Å². The second kappa shape index (κ2) is 30.5. The van der Waals surface area contributed by atoms with Crippen molar-refractivity contribution in [3.05, 3.63) is 83.7 Å². The van der Waals surface area contributed by atoms with Crippen molar-refractivity contribution in [1.82, 2.24) is 47.5 Å². The molecular weight excluding hydrogens is 981 g/mol. The minimum Gasteiger partial charge on any atom is -0.401 e. The van der Waals surface area contributed by atoms with Crippen LogP contribution in [0.25, 0.3) is 10.9 Å². The number of guanidine groups is 2. The maximum atomic E-state index is 14.7. The SMILES string of the molecule is C=C(N)[C@@H]1CCCNC(=O)CC[C@H](NC(=O)[C@H](CCCN=C(N)N)NC(C)=O)C(=O)N[C@@H](CCN)C(=O)N[C@H](Cc2ccccc2C#N)C(=O)N[C@@H](CCCN=C(N)N)C(=O)N[C@@H](Cc2c[nH]c3ccccc23)C(=O)N1. The number of aromatic amines is 1. The van der Waals surface area contributed by atoms with Gasteiger partial charge in [0.25, 0.3) is 0 Å². The number of hydrogen-bond acceptors (Lipinski definition) is 13. The number of fused-ring (bicyclic) bond motifs is 1. The molecule has 26 nitrogen and oxygen atoms in total. The molecule has 0 bridgehead atoms. The zero-order chi connectivity index (χ0) is 55.7. The molecule has 1 aromatic heterocycles. The lowest BCUT2D eigenvalue weighted by molar-refractivity contribution is -0.135. The van der Waals surface area contributed by atoms with Crippen LogP contribution in [0.4, 0.5) is 0 Å². The lowest BCUT2D eigenvalue weighted by atomic mass is 9.99. The largest absolute Gasteiger partial charge is 0.401 e. The molecule has 1 saturated heterocycles. The predicted molar refractivity (Wildman–Crippen MR) is 284 cm³/mol. The third kappa shape index (κ3) is 19.6. The van der Waals surface area contributed by atoms with Gasteiger partial charge in [-0.25, -0.2) is 0 Å². The Kier molecular flexibility index (Phi) is 24.0. The number of H-pyrrole nitrogens is 1. The zero-order valence-electron chi connectivity index (χ0n) is 42.6. The van der Waals surface area contributed by atoms with Crippen LogP contribution < -0.4 is 76.9 Å². The van der Waals surface area contributed by atoms with E-state index in [-0.39, 0.29) is 120 Å². The Balaban J connectivity index is 1.79. The molecule has 0 unspecified atom stereocenters. The standard InChI is InChI=1S/C50H72N18O8/c1-28(53)34-14-7-21-58-42(70)18-17-38(65-43(71)36(62-29(2)69)15-8-22-59-49(54)55)45(73)66-39(19-20-51)46(74)67-40(24-30-10-3-4-11-31(30)26-52)48(76)64-37(16-9-23-60-50(56)57)44(72)68-41(47(75)63-34)25-32-27-61-35-13-6-5-12-33(32)35/h3-6,10-13,27,34,36-41,61H,1,7-9,14-25,51,53H2,2H3,(H,58,70)(H,62,69)(H,63,75)(H,64,76)(H,65,71)(H,66,73)(H,67,74)(H,68,72)(H4,54,55,59)(H4,56,57,60)/t34-,36-,37-,38-,39-,40+,41-/m0/s1. The summed E-state index contributed by atoms with van der Waals surface area (Å²) < 4.78 is 0. The molecule has 2 heterocycles. The number of amides is 8. The number of carbonyl (C=O) groups is 8. The molecule has 8 amide bonds. The van der Waals surface area contributed by atoms with Crippen molar-refractivity contribution < 1.29 is 38.4 Å². The molecule has 1 aliphatic rings. The van der Waals surface area contributed by atoms with E-state index in [1.807, 2.05) is 24.3 Å². The summed E-state index contributed by atoms with van der Waals surface area (Å²) in [5.74, 6) is -6.40. The smallest absolute Gasteiger partial charge is 0.243 e. The summed E-state index contributed by atoms with van der Waals surface area (Å²) >= 11 is 0. The van der Waals surface area contributed by atoms with Crippen LogP contribution in [0, 0.1) is 11.3 Å². The molecule has 76 heavy (non-hydrogen) atoms. The molecule has 410 valence electrons. The van der Waals surface area contributed by atoms with E-state index in [2.05, 4.69) is 70.2 Å². The monoisotopic (exact) mass is 1050 g/mol. The second-order valence-electron chi connectivity index (χ2n) is 18.2. The summed E-state index contributed by atoms with van der Waals surface area (Å²) in [5, 5.41) is 32.4. The van der Waals surface area contributed by atoms with Gasteiger partial charge in [-0.05, 0) is 81.2 Å². The van der Waals surface area contributed by atoms with Gasteiger partial charge in [0.15, 0.2) is 11.9 Å². The number of hydrogen-bond donors (Lipinski definition) is 15. The number of aromatic nitrogens is 1. The number of nitrogens with one attached hydrogen (secondary N) is 9. The third-order valence-electron chi connectivity index (χ3n) is 12.3. The van der Waals surface area contributed by atoms with E-state index in [0.717, 1.165) is 10.9 Å². The minimum absolute atomic E-state index is 0.0251. The topological polar surface area (TPSA) is 453 Å². The molecule has 0 aliphatic carbocycles. The highest BCUT2D eigenvalue weighted by Gasteiger charge is 2.35. The lowest BCUT2D eigenvalue weighted by Gasteiger charge is -2.28. The number of carbonyl (C=O) groups excluding carboxylic acids is 8. The molecule has 26 heteroatoms. The summed E-state index contributed by atoms with van der Waals surface area (Å²) in [7, 11) is 0. The Bertz CT molecular complexity index is 2640. The van der Waals surface area contributed by atoms with Crippen molar-refractivity contribution in [2.24, 2.45) is 44.4 Å². The average molecular weight is 1050 g/mol. The molecule has 1 aliphatic heterocycles. The van der Waals surface area contributed by atoms with E-state index < -0.39 is 89.6 Å². The van der Waals surface area contributed by atoms with Crippen LogP contribution in [0.15, 0.2) is 77.0 Å². The van der Waals surface area contributed by atoms with Crippen LogP contribution >= 0.6 is 0 Å². The van der Waals surface area contributed by atoms with Crippen molar-refractivity contribution in [3.63, 3.8) is 0 Å². The Labute approximate surface area is 440 Å². The van der Waals surface area contributed by atoms with Crippen LogP contribution in [0.2, 0.25) is 0 Å². The third-order valence-corrected chi connectivity index (χ3v) is 12.3. The summed E-state index contributed by atoms with van der Waals surface area (Å²) in [6.07, 6.45) is 1.45. The fourth-order valence-electron chi connectivity index (χ4n) is 8.34. The van der Waals surface area contributed by atoms with Crippen LogP contribution in [0.5, 0.6) is 0 Å². The lowest BCUT2D eigenvalue weighted by Crippen LogP contribution is -2.60. The Hall–Kier alpha value is -8.73. The zero-order valence-corrected chi connectivity index (χ0v) is 42.6. The molecular formula is C50H72N18O8. The number of nitrogens with zero attached hydrogens (tertiary/aromatic N) is 3. The van der Waals surface area contributed by atoms with Gasteiger partial charge in [0, 0.05) is 68.6 Å². The highest BCUT2D eigenvalue weighted by molar-refractivity contribution is 5.98.